The first kappa shape index (κ1) is 14.6. The van der Waals surface area contributed by atoms with Gasteiger partial charge in [0.05, 0.1) is 18.4 Å². The normalized spacial score (nSPS) is 9.80. The molecule has 0 bridgehead atoms. The second-order valence-corrected chi connectivity index (χ2v) is 3.61. The van der Waals surface area contributed by atoms with E-state index in [4.69, 9.17) is 26.3 Å². The molecular weight excluding hydrogens is 256 g/mol. The number of ether oxygens (including phenoxy) is 1. The van der Waals surface area contributed by atoms with Crippen molar-refractivity contribution in [1.29, 1.82) is 15.8 Å². The Labute approximate surface area is 115 Å². The van der Waals surface area contributed by atoms with Crippen molar-refractivity contribution in [2.24, 2.45) is 5.73 Å². The van der Waals surface area contributed by atoms with Gasteiger partial charge in [0, 0.05) is 0 Å². The molecule has 0 heterocycles. The predicted molar refractivity (Wildman–Crippen MR) is 70.7 cm³/mol. The Balaban J connectivity index is 3.35. The summed E-state index contributed by atoms with van der Waals surface area (Å²) >= 11 is 0. The molecule has 0 spiro atoms. The molecule has 0 fully saturated rings. The number of hydrogen-bond acceptors (Lipinski definition) is 6. The molecule has 6 nitrogen and oxygen atoms in total. The molecule has 0 aliphatic heterocycles. The number of aromatic hydroxyl groups is 1. The number of nitrogens with two attached hydrogens (primary N) is 1. The van der Waals surface area contributed by atoms with Gasteiger partial charge in [-0.2, -0.15) is 15.8 Å². The topological polar surface area (TPSA) is 127 Å². The lowest BCUT2D eigenvalue weighted by atomic mass is 10.1. The summed E-state index contributed by atoms with van der Waals surface area (Å²) in [6.07, 6.45) is 1.39. The summed E-state index contributed by atoms with van der Waals surface area (Å²) in [6, 6.07) is 9.50. The number of methoxy groups -OCH3 is 1. The molecule has 1 rings (SSSR count). The van der Waals surface area contributed by atoms with Gasteiger partial charge in [0.2, 0.25) is 0 Å². The Morgan fingerprint density at radius 1 is 1.25 bits per heavy atom. The van der Waals surface area contributed by atoms with E-state index in [2.05, 4.69) is 0 Å². The fourth-order valence-corrected chi connectivity index (χ4v) is 1.40. The number of allylic oxidation sites excluding steroid dienone is 2. The van der Waals surface area contributed by atoms with Crippen molar-refractivity contribution in [1.82, 2.24) is 0 Å². The maximum absolute atomic E-state index is 9.47. The zero-order valence-electron chi connectivity index (χ0n) is 10.6. The number of nitrogens with zero attached hydrogens (tertiary/aromatic N) is 3. The Morgan fingerprint density at radius 2 is 1.90 bits per heavy atom. The van der Waals surface area contributed by atoms with Gasteiger partial charge in [-0.25, -0.2) is 0 Å². The SMILES string of the molecule is COc1cc(/C=C(\C#N)C(N)=C(C#N)C#N)ccc1O. The van der Waals surface area contributed by atoms with Crippen molar-refractivity contribution >= 4 is 6.08 Å². The van der Waals surface area contributed by atoms with Crippen LogP contribution < -0.4 is 10.5 Å². The highest BCUT2D eigenvalue weighted by Gasteiger charge is 2.09. The van der Waals surface area contributed by atoms with E-state index >= 15 is 0 Å². The monoisotopic (exact) mass is 266 g/mol. The Morgan fingerprint density at radius 3 is 2.40 bits per heavy atom. The number of nitriles is 3. The highest BCUT2D eigenvalue weighted by atomic mass is 16.5. The first-order valence-electron chi connectivity index (χ1n) is 5.36. The van der Waals surface area contributed by atoms with Gasteiger partial charge in [-0.05, 0) is 23.8 Å². The van der Waals surface area contributed by atoms with Crippen LogP contribution >= 0.6 is 0 Å². The molecular formula is C14H10N4O2. The minimum Gasteiger partial charge on any atom is -0.504 e. The molecule has 1 aromatic rings. The van der Waals surface area contributed by atoms with Crippen molar-refractivity contribution in [3.63, 3.8) is 0 Å². The van der Waals surface area contributed by atoms with Crippen LogP contribution in [0.2, 0.25) is 0 Å². The summed E-state index contributed by atoms with van der Waals surface area (Å²) in [5, 5.41) is 36.0. The van der Waals surface area contributed by atoms with E-state index in [1.807, 2.05) is 6.07 Å². The molecule has 0 aliphatic rings. The lowest BCUT2D eigenvalue weighted by Crippen LogP contribution is -2.03. The third kappa shape index (κ3) is 3.07. The predicted octanol–water partition coefficient (Wildman–Crippen LogP) is 1.57. The van der Waals surface area contributed by atoms with Gasteiger partial charge in [-0.3, -0.25) is 0 Å². The van der Waals surface area contributed by atoms with Crippen LogP contribution in [0, 0.1) is 34.0 Å². The summed E-state index contributed by atoms with van der Waals surface area (Å²) in [4.78, 5) is 0. The van der Waals surface area contributed by atoms with Gasteiger partial charge in [0.25, 0.3) is 0 Å². The van der Waals surface area contributed by atoms with Crippen molar-refractivity contribution in [3.8, 4) is 29.7 Å². The van der Waals surface area contributed by atoms with Gasteiger partial charge in [-0.1, -0.05) is 6.07 Å². The summed E-state index contributed by atoms with van der Waals surface area (Å²) in [5.41, 5.74) is 5.60. The number of rotatable bonds is 3. The van der Waals surface area contributed by atoms with Gasteiger partial charge in [0.1, 0.15) is 18.2 Å². The van der Waals surface area contributed by atoms with Crippen LogP contribution in [0.1, 0.15) is 5.56 Å². The zero-order valence-corrected chi connectivity index (χ0v) is 10.6. The van der Waals surface area contributed by atoms with E-state index < -0.39 is 0 Å². The van der Waals surface area contributed by atoms with Crippen LogP contribution in [0.4, 0.5) is 0 Å². The molecule has 6 heteroatoms. The van der Waals surface area contributed by atoms with Crippen LogP contribution in [-0.2, 0) is 0 Å². The van der Waals surface area contributed by atoms with Crippen molar-refractivity contribution < 1.29 is 9.84 Å². The summed E-state index contributed by atoms with van der Waals surface area (Å²) in [5.74, 6) is 0.195. The lowest BCUT2D eigenvalue weighted by Gasteiger charge is -2.04. The Hall–Kier alpha value is -3.43. The third-order valence-electron chi connectivity index (χ3n) is 2.42. The van der Waals surface area contributed by atoms with E-state index in [1.54, 1.807) is 18.2 Å². The molecule has 98 valence electrons. The van der Waals surface area contributed by atoms with Crippen LogP contribution in [-0.4, -0.2) is 12.2 Å². The number of benzene rings is 1. The minimum absolute atomic E-state index is 0.0177. The van der Waals surface area contributed by atoms with Gasteiger partial charge in [0.15, 0.2) is 17.1 Å². The number of hydrogen-bond donors (Lipinski definition) is 2. The molecule has 0 aromatic heterocycles. The maximum Gasteiger partial charge on any atom is 0.161 e. The smallest absolute Gasteiger partial charge is 0.161 e. The first-order chi connectivity index (χ1) is 9.57. The highest BCUT2D eigenvalue weighted by Crippen LogP contribution is 2.27. The standard InChI is InChI=1S/C14H10N4O2/c1-20-13-5-9(2-3-12(13)19)4-10(6-15)14(18)11(7-16)8-17/h2-5,19H,18H2,1H3/b10-4+. The molecule has 1 aromatic carbocycles. The molecule has 0 amide bonds. The lowest BCUT2D eigenvalue weighted by molar-refractivity contribution is 0.373. The van der Waals surface area contributed by atoms with Crippen molar-refractivity contribution in [2.45, 2.75) is 0 Å². The summed E-state index contributed by atoms with van der Waals surface area (Å²) < 4.78 is 4.94. The number of phenolic OH excluding ortho intramolecular Hbond substituents is 1. The molecule has 0 atom stereocenters. The second kappa shape index (κ2) is 6.49. The largest absolute Gasteiger partial charge is 0.504 e. The number of phenols is 1. The van der Waals surface area contributed by atoms with Crippen LogP contribution in [0.25, 0.3) is 6.08 Å². The molecule has 0 saturated carbocycles. The van der Waals surface area contributed by atoms with Gasteiger partial charge in [-0.15, -0.1) is 0 Å². The first-order valence-corrected chi connectivity index (χ1v) is 5.36. The van der Waals surface area contributed by atoms with Gasteiger partial charge >= 0.3 is 0 Å². The molecule has 0 radical (unpaired) electrons. The van der Waals surface area contributed by atoms with Crippen LogP contribution in [0.3, 0.4) is 0 Å². The quantitative estimate of drug-likeness (QED) is 0.631. The van der Waals surface area contributed by atoms with Crippen molar-refractivity contribution in [2.75, 3.05) is 7.11 Å². The van der Waals surface area contributed by atoms with Crippen LogP contribution in [0.15, 0.2) is 35.0 Å². The average molecular weight is 266 g/mol. The third-order valence-corrected chi connectivity index (χ3v) is 2.42. The minimum atomic E-state index is -0.330. The van der Waals surface area contributed by atoms with E-state index in [0.29, 0.717) is 5.56 Å². The fraction of sp³-hybridized carbons (Fsp3) is 0.0714. The molecule has 0 unspecified atom stereocenters. The Kier molecular flexibility index (Phi) is 4.75. The zero-order chi connectivity index (χ0) is 15.1. The summed E-state index contributed by atoms with van der Waals surface area (Å²) in [7, 11) is 1.39. The van der Waals surface area contributed by atoms with E-state index in [9.17, 15) is 5.11 Å². The van der Waals surface area contributed by atoms with E-state index in [1.165, 1.54) is 25.3 Å². The summed E-state index contributed by atoms with van der Waals surface area (Å²) in [6.45, 7) is 0. The molecule has 0 saturated heterocycles. The fourth-order valence-electron chi connectivity index (χ4n) is 1.40. The molecule has 20 heavy (non-hydrogen) atoms. The Bertz CT molecular complexity index is 696. The van der Waals surface area contributed by atoms with Crippen LogP contribution in [0.5, 0.6) is 11.5 Å². The molecule has 0 aliphatic carbocycles. The molecule has 3 N–H and O–H groups in total. The van der Waals surface area contributed by atoms with E-state index in [0.717, 1.165) is 0 Å². The average Bonchev–Trinajstić information content (AvgIpc) is 2.47. The maximum atomic E-state index is 9.47. The van der Waals surface area contributed by atoms with Gasteiger partial charge < -0.3 is 15.6 Å². The highest BCUT2D eigenvalue weighted by molar-refractivity contribution is 5.67. The second-order valence-electron chi connectivity index (χ2n) is 3.61. The van der Waals surface area contributed by atoms with E-state index in [-0.39, 0.29) is 28.3 Å². The van der Waals surface area contributed by atoms with Crippen molar-refractivity contribution in [3.05, 3.63) is 40.6 Å².